The molecular weight excluding hydrogens is 296 g/mol. The van der Waals surface area contributed by atoms with Crippen LogP contribution in [0.4, 0.5) is 0 Å². The van der Waals surface area contributed by atoms with E-state index in [1.54, 1.807) is 32.4 Å². The molecule has 2 rings (SSSR count). The number of ether oxygens (including phenoxy) is 3. The Morgan fingerprint density at radius 3 is 2.48 bits per heavy atom. The number of carbonyl (C=O) groups is 1. The maximum Gasteiger partial charge on any atom is 0.338 e. The van der Waals surface area contributed by atoms with Gasteiger partial charge in [0, 0.05) is 13.1 Å². The molecule has 1 fully saturated rings. The van der Waals surface area contributed by atoms with Gasteiger partial charge in [0.2, 0.25) is 0 Å². The number of methoxy groups -OCH3 is 2. The van der Waals surface area contributed by atoms with Crippen LogP contribution in [0.3, 0.4) is 0 Å². The lowest BCUT2D eigenvalue weighted by molar-refractivity contribution is -0.907. The van der Waals surface area contributed by atoms with Gasteiger partial charge in [-0.15, -0.1) is 0 Å². The molecule has 1 aliphatic heterocycles. The molecule has 0 bridgehead atoms. The number of hydrogen-bond donors (Lipinski definition) is 1. The summed E-state index contributed by atoms with van der Waals surface area (Å²) in [6, 6.07) is 5.06. The minimum atomic E-state index is -0.327. The van der Waals surface area contributed by atoms with Crippen LogP contribution in [0, 0.1) is 0 Å². The second-order valence-corrected chi connectivity index (χ2v) is 6.04. The van der Waals surface area contributed by atoms with E-state index in [2.05, 4.69) is 11.9 Å². The predicted molar refractivity (Wildman–Crippen MR) is 87.5 cm³/mol. The highest BCUT2D eigenvalue weighted by molar-refractivity contribution is 5.90. The summed E-state index contributed by atoms with van der Waals surface area (Å²) in [4.78, 5) is 16.1. The largest absolute Gasteiger partial charge is 0.493 e. The summed E-state index contributed by atoms with van der Waals surface area (Å²) in [7, 11) is 5.25. The van der Waals surface area contributed by atoms with Crippen molar-refractivity contribution in [3.63, 3.8) is 0 Å². The third-order valence-corrected chi connectivity index (χ3v) is 4.20. The van der Waals surface area contributed by atoms with E-state index >= 15 is 0 Å². The zero-order chi connectivity index (χ0) is 16.8. The Morgan fingerprint density at radius 2 is 1.87 bits per heavy atom. The van der Waals surface area contributed by atoms with Crippen LogP contribution in [0.5, 0.6) is 11.5 Å². The van der Waals surface area contributed by atoms with Crippen molar-refractivity contribution in [2.75, 3.05) is 54.0 Å². The smallest absolute Gasteiger partial charge is 0.338 e. The van der Waals surface area contributed by atoms with Gasteiger partial charge in [-0.05, 0) is 32.2 Å². The van der Waals surface area contributed by atoms with Crippen LogP contribution in [0.25, 0.3) is 0 Å². The zero-order valence-corrected chi connectivity index (χ0v) is 14.4. The first-order valence-electron chi connectivity index (χ1n) is 7.98. The average molecular weight is 323 g/mol. The van der Waals surface area contributed by atoms with E-state index in [4.69, 9.17) is 14.2 Å². The molecule has 0 aliphatic carbocycles. The Hall–Kier alpha value is -1.79. The van der Waals surface area contributed by atoms with E-state index in [-0.39, 0.29) is 12.1 Å². The number of quaternary nitrogens is 1. The lowest BCUT2D eigenvalue weighted by Crippen LogP contribution is -3.15. The van der Waals surface area contributed by atoms with E-state index in [0.29, 0.717) is 17.1 Å². The predicted octanol–water partition coefficient (Wildman–Crippen LogP) is 0.0794. The van der Waals surface area contributed by atoms with Crippen molar-refractivity contribution in [3.05, 3.63) is 23.8 Å². The Bertz CT molecular complexity index is 527. The number of likely N-dealkylation sites (N-methyl/N-ethyl adjacent to an activating group) is 1. The maximum absolute atomic E-state index is 12.3. The molecule has 0 saturated carbocycles. The fourth-order valence-electron chi connectivity index (χ4n) is 2.80. The number of benzene rings is 1. The molecule has 6 heteroatoms. The lowest BCUT2D eigenvalue weighted by Gasteiger charge is -2.30. The Kier molecular flexibility index (Phi) is 6.24. The summed E-state index contributed by atoms with van der Waals surface area (Å²) < 4.78 is 16.0. The first-order valence-corrected chi connectivity index (χ1v) is 7.98. The number of esters is 1. The summed E-state index contributed by atoms with van der Waals surface area (Å²) in [5.74, 6) is 0.797. The molecule has 1 aliphatic rings. The highest BCUT2D eigenvalue weighted by Crippen LogP contribution is 2.27. The summed E-state index contributed by atoms with van der Waals surface area (Å²) in [6.07, 6.45) is -0.117. The number of carbonyl (C=O) groups excluding carboxylic acids is 1. The summed E-state index contributed by atoms with van der Waals surface area (Å²) in [6.45, 7) is 7.15. The van der Waals surface area contributed by atoms with Gasteiger partial charge in [0.1, 0.15) is 12.6 Å². The zero-order valence-electron chi connectivity index (χ0n) is 14.4. The van der Waals surface area contributed by atoms with Crippen LogP contribution in [0.2, 0.25) is 0 Å². The summed E-state index contributed by atoms with van der Waals surface area (Å²) in [5.41, 5.74) is 0.475. The first-order chi connectivity index (χ1) is 11.0. The molecule has 1 aromatic carbocycles. The normalized spacial score (nSPS) is 17.6. The number of nitrogens with one attached hydrogen (secondary N) is 1. The van der Waals surface area contributed by atoms with Crippen LogP contribution in [-0.2, 0) is 4.74 Å². The maximum atomic E-state index is 12.3. The molecule has 1 unspecified atom stereocenters. The van der Waals surface area contributed by atoms with E-state index in [0.717, 1.165) is 32.7 Å². The van der Waals surface area contributed by atoms with Gasteiger partial charge in [-0.2, -0.15) is 0 Å². The first kappa shape index (κ1) is 17.6. The molecule has 6 nitrogen and oxygen atoms in total. The highest BCUT2D eigenvalue weighted by Gasteiger charge is 2.22. The molecule has 1 heterocycles. The summed E-state index contributed by atoms with van der Waals surface area (Å²) >= 11 is 0. The SMILES string of the molecule is COc1ccc(C(=O)OC(C)C[NH+]2CCN(C)CC2)cc1OC. The minimum absolute atomic E-state index is 0.117. The van der Waals surface area contributed by atoms with Crippen molar-refractivity contribution in [2.45, 2.75) is 13.0 Å². The second kappa shape index (κ2) is 8.17. The standard InChI is InChI=1S/C17H26N2O4/c1-13(12-19-9-7-18(2)8-10-19)23-17(20)14-5-6-15(21-3)16(11-14)22-4/h5-6,11,13H,7-10,12H2,1-4H3/p+1. The van der Waals surface area contributed by atoms with Gasteiger partial charge in [0.15, 0.2) is 11.5 Å². The number of rotatable bonds is 6. The van der Waals surface area contributed by atoms with Gasteiger partial charge in [-0.25, -0.2) is 4.79 Å². The van der Waals surface area contributed by atoms with Crippen molar-refractivity contribution in [1.29, 1.82) is 0 Å². The van der Waals surface area contributed by atoms with Crippen LogP contribution in [0.15, 0.2) is 18.2 Å². The monoisotopic (exact) mass is 323 g/mol. The minimum Gasteiger partial charge on any atom is -0.493 e. The van der Waals surface area contributed by atoms with Crippen molar-refractivity contribution in [1.82, 2.24) is 4.90 Å². The number of nitrogens with zero attached hydrogens (tertiary/aromatic N) is 1. The van der Waals surface area contributed by atoms with Crippen molar-refractivity contribution in [3.8, 4) is 11.5 Å². The molecule has 23 heavy (non-hydrogen) atoms. The van der Waals surface area contributed by atoms with Gasteiger partial charge in [-0.1, -0.05) is 0 Å². The van der Waals surface area contributed by atoms with E-state index < -0.39 is 0 Å². The second-order valence-electron chi connectivity index (χ2n) is 6.04. The molecule has 0 aromatic heterocycles. The fourth-order valence-corrected chi connectivity index (χ4v) is 2.80. The Balaban J connectivity index is 1.90. The number of piperazine rings is 1. The van der Waals surface area contributed by atoms with Gasteiger partial charge in [0.05, 0.1) is 32.9 Å². The van der Waals surface area contributed by atoms with Gasteiger partial charge in [0.25, 0.3) is 0 Å². The molecule has 1 saturated heterocycles. The third-order valence-electron chi connectivity index (χ3n) is 4.20. The topological polar surface area (TPSA) is 52.4 Å². The third kappa shape index (κ3) is 4.84. The van der Waals surface area contributed by atoms with Gasteiger partial charge in [-0.3, -0.25) is 4.90 Å². The molecule has 128 valence electrons. The van der Waals surface area contributed by atoms with Crippen molar-refractivity contribution >= 4 is 5.97 Å². The average Bonchev–Trinajstić information content (AvgIpc) is 2.56. The van der Waals surface area contributed by atoms with Gasteiger partial charge >= 0.3 is 5.97 Å². The van der Waals surface area contributed by atoms with Crippen LogP contribution >= 0.6 is 0 Å². The molecule has 0 spiro atoms. The lowest BCUT2D eigenvalue weighted by atomic mass is 10.2. The fraction of sp³-hybridized carbons (Fsp3) is 0.588. The molecule has 1 atom stereocenters. The van der Waals surface area contributed by atoms with Crippen LogP contribution in [-0.4, -0.2) is 71.0 Å². The van der Waals surface area contributed by atoms with Crippen molar-refractivity contribution in [2.24, 2.45) is 0 Å². The van der Waals surface area contributed by atoms with E-state index in [1.165, 1.54) is 4.90 Å². The van der Waals surface area contributed by atoms with Gasteiger partial charge < -0.3 is 19.1 Å². The molecular formula is C17H27N2O4+. The Labute approximate surface area is 137 Å². The highest BCUT2D eigenvalue weighted by atomic mass is 16.5. The molecule has 1 N–H and O–H groups in total. The Morgan fingerprint density at radius 1 is 1.22 bits per heavy atom. The quantitative estimate of drug-likeness (QED) is 0.752. The van der Waals surface area contributed by atoms with Crippen LogP contribution in [0.1, 0.15) is 17.3 Å². The number of hydrogen-bond acceptors (Lipinski definition) is 5. The molecule has 1 aromatic rings. The van der Waals surface area contributed by atoms with E-state index in [1.807, 2.05) is 6.92 Å². The van der Waals surface area contributed by atoms with Crippen molar-refractivity contribution < 1.29 is 23.9 Å². The molecule has 0 amide bonds. The summed E-state index contributed by atoms with van der Waals surface area (Å²) in [5, 5.41) is 0. The van der Waals surface area contributed by atoms with Crippen LogP contribution < -0.4 is 14.4 Å². The molecule has 0 radical (unpaired) electrons. The van der Waals surface area contributed by atoms with E-state index in [9.17, 15) is 4.79 Å².